The van der Waals surface area contributed by atoms with E-state index in [1.54, 1.807) is 0 Å². The summed E-state index contributed by atoms with van der Waals surface area (Å²) < 4.78 is 28.2. The minimum absolute atomic E-state index is 0.111. The predicted molar refractivity (Wildman–Crippen MR) is 73.0 cm³/mol. The molecule has 0 saturated carbocycles. The zero-order valence-electron chi connectivity index (χ0n) is 10.6. The van der Waals surface area contributed by atoms with Gasteiger partial charge >= 0.3 is 10.1 Å². The molecule has 1 aromatic carbocycles. The molecule has 0 atom stereocenters. The van der Waals surface area contributed by atoms with Crippen LogP contribution in [0.3, 0.4) is 0 Å². The van der Waals surface area contributed by atoms with Gasteiger partial charge in [-0.2, -0.15) is 13.5 Å². The van der Waals surface area contributed by atoms with Crippen LogP contribution in [0.1, 0.15) is 6.92 Å². The van der Waals surface area contributed by atoms with E-state index in [0.717, 1.165) is 5.01 Å². The summed E-state index contributed by atoms with van der Waals surface area (Å²) in [4.78, 5) is 11.5. The molecule has 0 fully saturated rings. The number of hydrogen-bond donors (Lipinski definition) is 0. The summed E-state index contributed by atoms with van der Waals surface area (Å²) in [6.07, 6.45) is 0. The van der Waals surface area contributed by atoms with Crippen molar-refractivity contribution in [3.05, 3.63) is 29.3 Å². The van der Waals surface area contributed by atoms with E-state index in [-0.39, 0.29) is 16.3 Å². The van der Waals surface area contributed by atoms with Crippen LogP contribution in [0.5, 0.6) is 0 Å². The fourth-order valence-corrected chi connectivity index (χ4v) is 2.32. The van der Waals surface area contributed by atoms with Gasteiger partial charge in [0.2, 0.25) is 0 Å². The molecule has 1 aromatic rings. The Bertz CT molecular complexity index is 710. The first kappa shape index (κ1) is 14.5. The van der Waals surface area contributed by atoms with Crippen LogP contribution in [0.4, 0.5) is 0 Å². The van der Waals surface area contributed by atoms with Crippen LogP contribution in [0.25, 0.3) is 0 Å². The number of amides is 1. The van der Waals surface area contributed by atoms with Gasteiger partial charge in [0.1, 0.15) is 4.90 Å². The highest BCUT2D eigenvalue weighted by atomic mass is 35.5. The monoisotopic (exact) mass is 315 g/mol. The summed E-state index contributed by atoms with van der Waals surface area (Å²) in [7, 11) is -2.67. The summed E-state index contributed by atoms with van der Waals surface area (Å²) >= 11 is 5.67. The van der Waals surface area contributed by atoms with Crippen molar-refractivity contribution in [3.8, 4) is 0 Å². The van der Waals surface area contributed by atoms with Crippen molar-refractivity contribution in [2.75, 3.05) is 7.05 Å². The van der Waals surface area contributed by atoms with E-state index in [1.165, 1.54) is 38.2 Å². The largest absolute Gasteiger partial charge is 0.358 e. The highest BCUT2D eigenvalue weighted by Crippen LogP contribution is 2.17. The van der Waals surface area contributed by atoms with Gasteiger partial charge in [0.15, 0.2) is 5.71 Å². The van der Waals surface area contributed by atoms with Gasteiger partial charge in [-0.3, -0.25) is 9.08 Å². The molecule has 0 saturated heterocycles. The number of oxime groups is 1. The van der Waals surface area contributed by atoms with Crippen molar-refractivity contribution in [2.24, 2.45) is 10.3 Å². The van der Waals surface area contributed by atoms with Crippen LogP contribution in [0.15, 0.2) is 39.4 Å². The molecule has 1 amide bonds. The zero-order valence-corrected chi connectivity index (χ0v) is 12.1. The minimum Gasteiger partial charge on any atom is -0.265 e. The number of hydrogen-bond acceptors (Lipinski definition) is 6. The predicted octanol–water partition coefficient (Wildman–Crippen LogP) is 1.25. The Morgan fingerprint density at radius 3 is 2.40 bits per heavy atom. The lowest BCUT2D eigenvalue weighted by atomic mass is 10.3. The van der Waals surface area contributed by atoms with Gasteiger partial charge in [0.05, 0.1) is 5.71 Å². The quantitative estimate of drug-likeness (QED) is 0.785. The Balaban J connectivity index is 2.24. The van der Waals surface area contributed by atoms with E-state index in [1.807, 2.05) is 0 Å². The lowest BCUT2D eigenvalue weighted by Gasteiger charge is -2.03. The van der Waals surface area contributed by atoms with E-state index >= 15 is 0 Å². The minimum atomic E-state index is -4.10. The first-order chi connectivity index (χ1) is 9.31. The Hall–Kier alpha value is -1.93. The second-order valence-electron chi connectivity index (χ2n) is 3.94. The van der Waals surface area contributed by atoms with Crippen molar-refractivity contribution < 1.29 is 17.5 Å². The topological polar surface area (TPSA) is 88.4 Å². The average molecular weight is 316 g/mol. The molecule has 7 nitrogen and oxygen atoms in total. The van der Waals surface area contributed by atoms with Crippen molar-refractivity contribution in [1.29, 1.82) is 0 Å². The molecule has 0 spiro atoms. The fraction of sp³-hybridized carbons (Fsp3) is 0.182. The van der Waals surface area contributed by atoms with Gasteiger partial charge in [-0.1, -0.05) is 16.8 Å². The summed E-state index contributed by atoms with van der Waals surface area (Å²) in [6, 6.07) is 5.38. The summed E-state index contributed by atoms with van der Waals surface area (Å²) in [5, 5.41) is 8.64. The molecular formula is C11H10ClN3O4S. The van der Waals surface area contributed by atoms with E-state index in [4.69, 9.17) is 11.6 Å². The maximum atomic E-state index is 11.9. The third-order valence-corrected chi connectivity index (χ3v) is 3.84. The third-order valence-electron chi connectivity index (χ3n) is 2.47. The Kier molecular flexibility index (Phi) is 3.78. The highest BCUT2D eigenvalue weighted by molar-refractivity contribution is 7.86. The molecule has 1 heterocycles. The normalized spacial score (nSPS) is 17.6. The van der Waals surface area contributed by atoms with Gasteiger partial charge in [-0.25, -0.2) is 5.01 Å². The van der Waals surface area contributed by atoms with E-state index in [0.29, 0.717) is 5.02 Å². The number of carbonyl (C=O) groups is 1. The molecule has 0 bridgehead atoms. The SMILES string of the molecule is CC1=NN(C)C(=O)/C1=N\OS(=O)(=O)c1ccc(Cl)cc1. The number of benzene rings is 1. The second kappa shape index (κ2) is 5.22. The van der Waals surface area contributed by atoms with Gasteiger partial charge in [0.25, 0.3) is 5.91 Å². The van der Waals surface area contributed by atoms with Crippen molar-refractivity contribution in [2.45, 2.75) is 11.8 Å². The molecule has 0 N–H and O–H groups in total. The van der Waals surface area contributed by atoms with Gasteiger partial charge in [-0.05, 0) is 31.2 Å². The van der Waals surface area contributed by atoms with Crippen LogP contribution in [-0.2, 0) is 19.2 Å². The summed E-state index contributed by atoms with van der Waals surface area (Å²) in [5.41, 5.74) is 0.133. The number of hydrazone groups is 1. The first-order valence-electron chi connectivity index (χ1n) is 5.42. The molecule has 20 heavy (non-hydrogen) atoms. The van der Waals surface area contributed by atoms with Crippen molar-refractivity contribution >= 4 is 39.0 Å². The molecule has 0 radical (unpaired) electrons. The second-order valence-corrected chi connectivity index (χ2v) is 5.90. The van der Waals surface area contributed by atoms with Crippen LogP contribution in [0.2, 0.25) is 5.02 Å². The van der Waals surface area contributed by atoms with E-state index in [2.05, 4.69) is 14.5 Å². The Labute approximate surface area is 120 Å². The number of carbonyl (C=O) groups excluding carboxylic acids is 1. The zero-order chi connectivity index (χ0) is 14.9. The van der Waals surface area contributed by atoms with Crippen LogP contribution < -0.4 is 0 Å². The lowest BCUT2D eigenvalue weighted by molar-refractivity contribution is -0.122. The molecule has 1 aliphatic rings. The number of nitrogens with zero attached hydrogens (tertiary/aromatic N) is 3. The molecule has 0 aliphatic carbocycles. The van der Waals surface area contributed by atoms with Crippen LogP contribution in [-0.4, -0.2) is 37.8 Å². The van der Waals surface area contributed by atoms with Gasteiger partial charge in [-0.15, -0.1) is 0 Å². The first-order valence-corrected chi connectivity index (χ1v) is 7.21. The van der Waals surface area contributed by atoms with E-state index < -0.39 is 16.0 Å². The maximum Gasteiger partial charge on any atom is 0.358 e. The standard InChI is InChI=1S/C11H10ClN3O4S/c1-7-10(11(16)15(2)13-7)14-19-20(17,18)9-5-3-8(12)4-6-9/h3-6H,1-2H3/b14-10-. The van der Waals surface area contributed by atoms with Crippen LogP contribution >= 0.6 is 11.6 Å². The molecule has 0 aromatic heterocycles. The van der Waals surface area contributed by atoms with Crippen molar-refractivity contribution in [1.82, 2.24) is 5.01 Å². The third kappa shape index (κ3) is 2.81. The molecular weight excluding hydrogens is 306 g/mol. The smallest absolute Gasteiger partial charge is 0.265 e. The molecule has 9 heteroatoms. The summed E-state index contributed by atoms with van der Waals surface area (Å²) in [5.74, 6) is -0.534. The Morgan fingerprint density at radius 2 is 1.90 bits per heavy atom. The summed E-state index contributed by atoms with van der Waals surface area (Å²) in [6.45, 7) is 1.53. The van der Waals surface area contributed by atoms with Crippen LogP contribution in [0, 0.1) is 0 Å². The van der Waals surface area contributed by atoms with Gasteiger partial charge in [0, 0.05) is 12.1 Å². The maximum absolute atomic E-state index is 11.9. The lowest BCUT2D eigenvalue weighted by Crippen LogP contribution is -2.24. The molecule has 106 valence electrons. The van der Waals surface area contributed by atoms with Gasteiger partial charge < -0.3 is 0 Å². The Morgan fingerprint density at radius 1 is 1.30 bits per heavy atom. The highest BCUT2D eigenvalue weighted by Gasteiger charge is 2.28. The average Bonchev–Trinajstić information content (AvgIpc) is 2.62. The van der Waals surface area contributed by atoms with Crippen molar-refractivity contribution in [3.63, 3.8) is 0 Å². The molecule has 2 rings (SSSR count). The molecule has 1 aliphatic heterocycles. The molecule has 0 unspecified atom stereocenters. The van der Waals surface area contributed by atoms with E-state index in [9.17, 15) is 13.2 Å². The fourth-order valence-electron chi connectivity index (χ4n) is 1.46. The number of halogens is 1. The number of rotatable bonds is 3.